The summed E-state index contributed by atoms with van der Waals surface area (Å²) in [6.07, 6.45) is 4.26. The third-order valence-electron chi connectivity index (χ3n) is 2.51. The van der Waals surface area contributed by atoms with Gasteiger partial charge in [0, 0.05) is 18.1 Å². The maximum absolute atomic E-state index is 11.6. The number of hydrogen-bond acceptors (Lipinski definition) is 4. The van der Waals surface area contributed by atoms with Crippen LogP contribution in [0.4, 0.5) is 5.69 Å². The van der Waals surface area contributed by atoms with Gasteiger partial charge in [-0.3, -0.25) is 0 Å². The Labute approximate surface area is 108 Å². The van der Waals surface area contributed by atoms with E-state index in [1.54, 1.807) is 23.9 Å². The second-order valence-corrected chi connectivity index (χ2v) is 6.87. The first kappa shape index (κ1) is 14.4. The largest absolute Gasteiger partial charge is 0.380 e. The lowest BCUT2D eigenvalue weighted by Gasteiger charge is -2.19. The van der Waals surface area contributed by atoms with Crippen LogP contribution < -0.4 is 5.32 Å². The van der Waals surface area contributed by atoms with Crippen molar-refractivity contribution in [2.75, 3.05) is 23.6 Å². The van der Waals surface area contributed by atoms with Gasteiger partial charge < -0.3 is 5.32 Å². The van der Waals surface area contributed by atoms with E-state index in [0.717, 1.165) is 12.2 Å². The van der Waals surface area contributed by atoms with Crippen LogP contribution in [0.1, 0.15) is 13.3 Å². The highest BCUT2D eigenvalue weighted by Crippen LogP contribution is 2.22. The maximum atomic E-state index is 11.6. The Bertz CT molecular complexity index is 457. The number of hydrogen-bond donors (Lipinski definition) is 1. The molecule has 3 nitrogen and oxygen atoms in total. The molecule has 0 saturated carbocycles. The van der Waals surface area contributed by atoms with E-state index in [4.69, 9.17) is 0 Å². The fraction of sp³-hybridized carbons (Fsp3) is 0.500. The molecule has 0 fully saturated rings. The van der Waals surface area contributed by atoms with E-state index >= 15 is 0 Å². The number of nitrogens with one attached hydrogen (secondary N) is 1. The van der Waals surface area contributed by atoms with Crippen LogP contribution in [0.3, 0.4) is 0 Å². The number of rotatable bonds is 6. The van der Waals surface area contributed by atoms with E-state index in [0.29, 0.717) is 16.6 Å². The molecule has 1 rings (SSSR count). The van der Waals surface area contributed by atoms with Crippen molar-refractivity contribution in [1.29, 1.82) is 0 Å². The molecule has 5 heteroatoms. The predicted molar refractivity (Wildman–Crippen MR) is 75.6 cm³/mol. The summed E-state index contributed by atoms with van der Waals surface area (Å²) in [5.41, 5.74) is 0.705. The second-order valence-electron chi connectivity index (χ2n) is 3.97. The number of sulfone groups is 1. The Morgan fingerprint density at radius 1 is 1.35 bits per heavy atom. The summed E-state index contributed by atoms with van der Waals surface area (Å²) in [5.74, 6) is 0.967. The zero-order chi connectivity index (χ0) is 12.9. The summed E-state index contributed by atoms with van der Waals surface area (Å²) in [5, 5.41) is 3.30. The van der Waals surface area contributed by atoms with Crippen molar-refractivity contribution in [3.8, 4) is 0 Å². The van der Waals surface area contributed by atoms with E-state index < -0.39 is 9.84 Å². The van der Waals surface area contributed by atoms with E-state index in [1.165, 1.54) is 6.26 Å². The van der Waals surface area contributed by atoms with Crippen LogP contribution in [-0.2, 0) is 9.84 Å². The quantitative estimate of drug-likeness (QED) is 0.865. The number of benzene rings is 1. The monoisotopic (exact) mass is 273 g/mol. The Kier molecular flexibility index (Phi) is 5.33. The molecule has 0 bridgehead atoms. The summed E-state index contributed by atoms with van der Waals surface area (Å²) in [4.78, 5) is 0.375. The van der Waals surface area contributed by atoms with Crippen LogP contribution in [0.15, 0.2) is 29.2 Å². The third kappa shape index (κ3) is 4.24. The van der Waals surface area contributed by atoms with Crippen LogP contribution in [0.2, 0.25) is 0 Å². The summed E-state index contributed by atoms with van der Waals surface area (Å²) in [7, 11) is -3.17. The highest BCUT2D eigenvalue weighted by Gasteiger charge is 2.14. The molecule has 0 aliphatic rings. The molecule has 1 aromatic carbocycles. The van der Waals surface area contributed by atoms with Crippen LogP contribution in [-0.4, -0.2) is 32.7 Å². The maximum Gasteiger partial charge on any atom is 0.177 e. The minimum Gasteiger partial charge on any atom is -0.380 e. The van der Waals surface area contributed by atoms with Crippen LogP contribution in [0.25, 0.3) is 0 Å². The van der Waals surface area contributed by atoms with Crippen molar-refractivity contribution in [3.63, 3.8) is 0 Å². The lowest BCUT2D eigenvalue weighted by Crippen LogP contribution is -2.22. The van der Waals surface area contributed by atoms with Crippen molar-refractivity contribution in [3.05, 3.63) is 24.3 Å². The lowest BCUT2D eigenvalue weighted by atomic mass is 10.2. The second kappa shape index (κ2) is 6.31. The van der Waals surface area contributed by atoms with Gasteiger partial charge in [0.25, 0.3) is 0 Å². The topological polar surface area (TPSA) is 46.2 Å². The van der Waals surface area contributed by atoms with Gasteiger partial charge in [-0.05, 0) is 24.8 Å². The van der Waals surface area contributed by atoms with E-state index in [2.05, 4.69) is 12.2 Å². The minimum absolute atomic E-state index is 0.299. The van der Waals surface area contributed by atoms with Crippen molar-refractivity contribution in [2.45, 2.75) is 24.3 Å². The summed E-state index contributed by atoms with van der Waals surface area (Å²) in [6.45, 7) is 2.09. The highest BCUT2D eigenvalue weighted by atomic mass is 32.2. The molecular weight excluding hydrogens is 254 g/mol. The van der Waals surface area contributed by atoms with Crippen molar-refractivity contribution in [2.24, 2.45) is 0 Å². The lowest BCUT2D eigenvalue weighted by molar-refractivity contribution is 0.602. The molecule has 1 aromatic rings. The van der Waals surface area contributed by atoms with Gasteiger partial charge in [0.15, 0.2) is 9.84 Å². The van der Waals surface area contributed by atoms with Gasteiger partial charge in [0.05, 0.1) is 10.6 Å². The van der Waals surface area contributed by atoms with Gasteiger partial charge in [-0.15, -0.1) is 0 Å². The number of anilines is 1. The van der Waals surface area contributed by atoms with Crippen LogP contribution in [0, 0.1) is 0 Å². The molecule has 0 aromatic heterocycles. The van der Waals surface area contributed by atoms with Gasteiger partial charge in [0.2, 0.25) is 0 Å². The summed E-state index contributed by atoms with van der Waals surface area (Å²) < 4.78 is 23.3. The molecular formula is C12H19NO2S2. The van der Waals surface area contributed by atoms with E-state index in [-0.39, 0.29) is 0 Å². The molecule has 17 heavy (non-hydrogen) atoms. The molecule has 96 valence electrons. The molecule has 1 N–H and O–H groups in total. The Hall–Kier alpha value is -0.680. The van der Waals surface area contributed by atoms with E-state index in [1.807, 2.05) is 18.4 Å². The average Bonchev–Trinajstić information content (AvgIpc) is 2.27. The normalized spacial score (nSPS) is 13.4. The molecule has 0 heterocycles. The Balaban J connectivity index is 2.98. The number of thioether (sulfide) groups is 1. The first-order valence-electron chi connectivity index (χ1n) is 5.53. The van der Waals surface area contributed by atoms with Crippen molar-refractivity contribution >= 4 is 27.3 Å². The first-order chi connectivity index (χ1) is 7.99. The molecule has 0 saturated heterocycles. The standard InChI is InChI=1S/C12H19NO2S2/c1-4-10(9-16-2)13-11-7-5-6-8-12(11)17(3,14)15/h5-8,10,13H,4,9H2,1-3H3. The van der Waals surface area contributed by atoms with Crippen molar-refractivity contribution in [1.82, 2.24) is 0 Å². The Morgan fingerprint density at radius 2 is 2.00 bits per heavy atom. The Morgan fingerprint density at radius 3 is 2.53 bits per heavy atom. The zero-order valence-electron chi connectivity index (χ0n) is 10.4. The fourth-order valence-corrected chi connectivity index (χ4v) is 3.17. The molecule has 0 aliphatic heterocycles. The predicted octanol–water partition coefficient (Wildman–Crippen LogP) is 2.64. The zero-order valence-corrected chi connectivity index (χ0v) is 12.1. The average molecular weight is 273 g/mol. The SMILES string of the molecule is CCC(CSC)Nc1ccccc1S(C)(=O)=O. The molecule has 1 unspecified atom stereocenters. The van der Waals surface area contributed by atoms with Crippen LogP contribution in [0.5, 0.6) is 0 Å². The van der Waals surface area contributed by atoms with Gasteiger partial charge in [-0.2, -0.15) is 11.8 Å². The smallest absolute Gasteiger partial charge is 0.177 e. The van der Waals surface area contributed by atoms with Gasteiger partial charge in [-0.25, -0.2) is 8.42 Å². The van der Waals surface area contributed by atoms with Crippen LogP contribution >= 0.6 is 11.8 Å². The van der Waals surface area contributed by atoms with Gasteiger partial charge in [-0.1, -0.05) is 19.1 Å². The van der Waals surface area contributed by atoms with Crippen molar-refractivity contribution < 1.29 is 8.42 Å². The molecule has 0 radical (unpaired) electrons. The minimum atomic E-state index is -3.17. The molecule has 0 spiro atoms. The van der Waals surface area contributed by atoms with Gasteiger partial charge >= 0.3 is 0 Å². The van der Waals surface area contributed by atoms with E-state index in [9.17, 15) is 8.42 Å². The highest BCUT2D eigenvalue weighted by molar-refractivity contribution is 7.98. The summed E-state index contributed by atoms with van der Waals surface area (Å²) >= 11 is 1.75. The molecule has 0 amide bonds. The molecule has 1 atom stereocenters. The van der Waals surface area contributed by atoms with Gasteiger partial charge in [0.1, 0.15) is 0 Å². The first-order valence-corrected chi connectivity index (χ1v) is 8.82. The third-order valence-corrected chi connectivity index (χ3v) is 4.40. The number of para-hydroxylation sites is 1. The fourth-order valence-electron chi connectivity index (χ4n) is 1.59. The summed E-state index contributed by atoms with van der Waals surface area (Å²) in [6, 6.07) is 7.36. The molecule has 0 aliphatic carbocycles.